The molecule has 0 aliphatic carbocycles. The highest BCUT2D eigenvalue weighted by Gasteiger charge is 2.33. The number of fused-ring (bicyclic) bond motifs is 1. The zero-order valence-electron chi connectivity index (χ0n) is 12.1. The molecule has 0 aromatic heterocycles. The van der Waals surface area contributed by atoms with Crippen LogP contribution in [-0.2, 0) is 0 Å². The van der Waals surface area contributed by atoms with E-state index in [2.05, 4.69) is 16.8 Å². The van der Waals surface area contributed by atoms with Crippen molar-refractivity contribution in [3.63, 3.8) is 0 Å². The lowest BCUT2D eigenvalue weighted by Gasteiger charge is -2.46. The first kappa shape index (κ1) is 14.3. The molecular formula is C15H20FN3O2. The van der Waals surface area contributed by atoms with E-state index in [-0.39, 0.29) is 5.91 Å². The van der Waals surface area contributed by atoms with Gasteiger partial charge in [-0.2, -0.15) is 0 Å². The normalized spacial score (nSPS) is 23.9. The molecule has 0 bridgehead atoms. The van der Waals surface area contributed by atoms with Crippen molar-refractivity contribution in [3.8, 4) is 5.75 Å². The number of likely N-dealkylation sites (N-methyl/N-ethyl adjacent to an activating group) is 1. The molecule has 1 atom stereocenters. The monoisotopic (exact) mass is 293 g/mol. The third kappa shape index (κ3) is 2.87. The SMILES string of the molecule is CN1CCN2CCN(C(=O)c3ccc(F)c(O)c3)C[C@@H]2C1. The van der Waals surface area contributed by atoms with Crippen LogP contribution in [0, 0.1) is 5.82 Å². The zero-order chi connectivity index (χ0) is 15.0. The van der Waals surface area contributed by atoms with Gasteiger partial charge >= 0.3 is 0 Å². The molecule has 0 spiro atoms. The number of phenolic OH excluding ortho intramolecular Hbond substituents is 1. The van der Waals surface area contributed by atoms with Crippen LogP contribution in [-0.4, -0.2) is 78.1 Å². The van der Waals surface area contributed by atoms with E-state index in [9.17, 15) is 14.3 Å². The fraction of sp³-hybridized carbons (Fsp3) is 0.533. The van der Waals surface area contributed by atoms with Crippen LogP contribution in [0.4, 0.5) is 4.39 Å². The molecule has 2 saturated heterocycles. The van der Waals surface area contributed by atoms with Gasteiger partial charge in [0.1, 0.15) is 0 Å². The Hall–Kier alpha value is -1.66. The first-order chi connectivity index (χ1) is 10.0. The summed E-state index contributed by atoms with van der Waals surface area (Å²) in [7, 11) is 2.09. The molecule has 21 heavy (non-hydrogen) atoms. The van der Waals surface area contributed by atoms with Crippen molar-refractivity contribution in [2.24, 2.45) is 0 Å². The minimum atomic E-state index is -0.703. The molecule has 2 fully saturated rings. The summed E-state index contributed by atoms with van der Waals surface area (Å²) >= 11 is 0. The lowest BCUT2D eigenvalue weighted by molar-refractivity contribution is 0.0189. The smallest absolute Gasteiger partial charge is 0.254 e. The maximum atomic E-state index is 13.1. The molecular weight excluding hydrogens is 273 g/mol. The van der Waals surface area contributed by atoms with Crippen molar-refractivity contribution >= 4 is 5.91 Å². The van der Waals surface area contributed by atoms with Crippen LogP contribution in [0.25, 0.3) is 0 Å². The summed E-state index contributed by atoms with van der Waals surface area (Å²) in [4.78, 5) is 19.0. The summed E-state index contributed by atoms with van der Waals surface area (Å²) in [6, 6.07) is 4.12. The average Bonchev–Trinajstić information content (AvgIpc) is 2.48. The number of carbonyl (C=O) groups is 1. The van der Waals surface area contributed by atoms with Crippen LogP contribution in [0.1, 0.15) is 10.4 Å². The number of piperazine rings is 2. The lowest BCUT2D eigenvalue weighted by atomic mass is 10.1. The van der Waals surface area contributed by atoms with E-state index < -0.39 is 11.6 Å². The van der Waals surface area contributed by atoms with Crippen molar-refractivity contribution in [1.29, 1.82) is 0 Å². The predicted octanol–water partition coefficient (Wildman–Crippen LogP) is 0.603. The number of benzene rings is 1. The topological polar surface area (TPSA) is 47.0 Å². The van der Waals surface area contributed by atoms with E-state index in [4.69, 9.17) is 0 Å². The van der Waals surface area contributed by atoms with E-state index in [1.165, 1.54) is 12.1 Å². The average molecular weight is 293 g/mol. The van der Waals surface area contributed by atoms with Crippen LogP contribution in [0.15, 0.2) is 18.2 Å². The van der Waals surface area contributed by atoms with Gasteiger partial charge in [0.25, 0.3) is 5.91 Å². The molecule has 114 valence electrons. The quantitative estimate of drug-likeness (QED) is 0.824. The molecule has 0 unspecified atom stereocenters. The molecule has 6 heteroatoms. The molecule has 0 saturated carbocycles. The molecule has 1 aromatic carbocycles. The highest BCUT2D eigenvalue weighted by molar-refractivity contribution is 5.94. The molecule has 2 aliphatic rings. The molecule has 0 radical (unpaired) electrons. The summed E-state index contributed by atoms with van der Waals surface area (Å²) in [5.41, 5.74) is 0.339. The zero-order valence-corrected chi connectivity index (χ0v) is 12.1. The molecule has 2 heterocycles. The van der Waals surface area contributed by atoms with Crippen molar-refractivity contribution in [3.05, 3.63) is 29.6 Å². The number of nitrogens with zero attached hydrogens (tertiary/aromatic N) is 3. The second kappa shape index (κ2) is 5.61. The van der Waals surface area contributed by atoms with Crippen LogP contribution >= 0.6 is 0 Å². The van der Waals surface area contributed by atoms with Crippen LogP contribution in [0.2, 0.25) is 0 Å². The van der Waals surface area contributed by atoms with Gasteiger partial charge in [-0.25, -0.2) is 4.39 Å². The lowest BCUT2D eigenvalue weighted by Crippen LogP contribution is -2.62. The fourth-order valence-electron chi connectivity index (χ4n) is 3.12. The maximum absolute atomic E-state index is 13.1. The second-order valence-electron chi connectivity index (χ2n) is 5.87. The first-order valence-corrected chi connectivity index (χ1v) is 7.25. The van der Waals surface area contributed by atoms with Gasteiger partial charge in [0.2, 0.25) is 0 Å². The minimum Gasteiger partial charge on any atom is -0.505 e. The molecule has 1 aromatic rings. The number of carbonyl (C=O) groups excluding carboxylic acids is 1. The van der Waals surface area contributed by atoms with Crippen LogP contribution < -0.4 is 0 Å². The van der Waals surface area contributed by atoms with Crippen LogP contribution in [0.3, 0.4) is 0 Å². The molecule has 2 aliphatic heterocycles. The van der Waals surface area contributed by atoms with Gasteiger partial charge < -0.3 is 14.9 Å². The third-order valence-corrected chi connectivity index (χ3v) is 4.38. The fourth-order valence-corrected chi connectivity index (χ4v) is 3.12. The van der Waals surface area contributed by atoms with Gasteiger partial charge in [0.05, 0.1) is 0 Å². The second-order valence-corrected chi connectivity index (χ2v) is 5.87. The van der Waals surface area contributed by atoms with E-state index in [1.54, 1.807) is 4.90 Å². The van der Waals surface area contributed by atoms with Crippen molar-refractivity contribution in [1.82, 2.24) is 14.7 Å². The number of aromatic hydroxyl groups is 1. The largest absolute Gasteiger partial charge is 0.505 e. The number of hydrogen-bond acceptors (Lipinski definition) is 4. The Morgan fingerprint density at radius 3 is 2.76 bits per heavy atom. The summed E-state index contributed by atoms with van der Waals surface area (Å²) < 4.78 is 13.1. The van der Waals surface area contributed by atoms with Gasteiger partial charge in [0.15, 0.2) is 11.6 Å². The van der Waals surface area contributed by atoms with Crippen molar-refractivity contribution in [2.45, 2.75) is 6.04 Å². The first-order valence-electron chi connectivity index (χ1n) is 7.25. The molecule has 1 N–H and O–H groups in total. The van der Waals surface area contributed by atoms with Gasteiger partial charge in [-0.05, 0) is 25.2 Å². The number of rotatable bonds is 1. The highest BCUT2D eigenvalue weighted by Crippen LogP contribution is 2.20. The highest BCUT2D eigenvalue weighted by atomic mass is 19.1. The Balaban J connectivity index is 1.72. The summed E-state index contributed by atoms with van der Waals surface area (Å²) in [6.07, 6.45) is 0. The number of amides is 1. The Labute approximate surface area is 123 Å². The van der Waals surface area contributed by atoms with Gasteiger partial charge in [-0.3, -0.25) is 9.69 Å². The minimum absolute atomic E-state index is 0.141. The summed E-state index contributed by atoms with van der Waals surface area (Å²) in [5, 5.41) is 9.41. The summed E-state index contributed by atoms with van der Waals surface area (Å²) in [5.74, 6) is -1.32. The number of hydrogen-bond donors (Lipinski definition) is 1. The standard InChI is InChI=1S/C15H20FN3O2/c1-17-4-5-18-6-7-19(10-12(18)9-17)15(21)11-2-3-13(16)14(20)8-11/h2-3,8,12,20H,4-7,9-10H2,1H3/t12-/m0/s1. The Morgan fingerprint density at radius 1 is 1.24 bits per heavy atom. The van der Waals surface area contributed by atoms with E-state index in [0.717, 1.165) is 32.2 Å². The number of phenols is 1. The van der Waals surface area contributed by atoms with Gasteiger partial charge in [0, 0.05) is 50.9 Å². The van der Waals surface area contributed by atoms with Gasteiger partial charge in [-0.15, -0.1) is 0 Å². The Morgan fingerprint density at radius 2 is 2.00 bits per heavy atom. The van der Waals surface area contributed by atoms with Crippen molar-refractivity contribution < 1.29 is 14.3 Å². The van der Waals surface area contributed by atoms with Crippen LogP contribution in [0.5, 0.6) is 5.75 Å². The van der Waals surface area contributed by atoms with E-state index >= 15 is 0 Å². The van der Waals surface area contributed by atoms with Gasteiger partial charge in [-0.1, -0.05) is 0 Å². The molecule has 1 amide bonds. The Bertz CT molecular complexity index is 552. The number of halogens is 1. The third-order valence-electron chi connectivity index (χ3n) is 4.38. The van der Waals surface area contributed by atoms with E-state index in [1.807, 2.05) is 0 Å². The molecule has 5 nitrogen and oxygen atoms in total. The Kier molecular flexibility index (Phi) is 3.82. The summed E-state index contributed by atoms with van der Waals surface area (Å²) in [6.45, 7) is 5.30. The maximum Gasteiger partial charge on any atom is 0.254 e. The molecule has 3 rings (SSSR count). The predicted molar refractivity (Wildman–Crippen MR) is 76.8 cm³/mol. The van der Waals surface area contributed by atoms with Crippen molar-refractivity contribution in [2.75, 3.05) is 46.3 Å². The van der Waals surface area contributed by atoms with E-state index in [0.29, 0.717) is 24.7 Å².